The average Bonchev–Trinajstić information content (AvgIpc) is 3.09. The van der Waals surface area contributed by atoms with Crippen LogP contribution in [-0.4, -0.2) is 51.7 Å². The Hall–Kier alpha value is -1.57. The van der Waals surface area contributed by atoms with Crippen LogP contribution < -0.4 is 10.6 Å². The van der Waals surface area contributed by atoms with Crippen LogP contribution >= 0.6 is 15.9 Å². The van der Waals surface area contributed by atoms with Gasteiger partial charge in [-0.1, -0.05) is 12.0 Å². The van der Waals surface area contributed by atoms with E-state index in [-0.39, 0.29) is 25.4 Å². The number of nitrogens with one attached hydrogen (secondary N) is 2. The molecule has 0 aliphatic rings. The summed E-state index contributed by atoms with van der Waals surface area (Å²) in [7, 11) is 4.11. The molecule has 0 saturated carbocycles. The number of likely N-dealkylation sites (N-methyl/N-ethyl adjacent to an activating group) is 1. The molecule has 0 spiro atoms. The molecule has 0 saturated heterocycles. The van der Waals surface area contributed by atoms with E-state index >= 15 is 0 Å². The van der Waals surface area contributed by atoms with E-state index < -0.39 is 0 Å². The van der Waals surface area contributed by atoms with E-state index in [1.54, 1.807) is 10.7 Å². The molecule has 0 unspecified atom stereocenters. The summed E-state index contributed by atoms with van der Waals surface area (Å²) in [5, 5.41) is 11.2. The van der Waals surface area contributed by atoms with Gasteiger partial charge in [-0.05, 0) is 41.7 Å². The Bertz CT molecular complexity index is 923. The smallest absolute Gasteiger partial charge is 0.369 e. The van der Waals surface area contributed by atoms with Crippen molar-refractivity contribution >= 4 is 33.2 Å². The number of anilines is 2. The van der Waals surface area contributed by atoms with Crippen molar-refractivity contribution in [3.63, 3.8) is 0 Å². The molecule has 9 heteroatoms. The van der Waals surface area contributed by atoms with E-state index in [4.69, 9.17) is 4.98 Å². The molecule has 3 heterocycles. The van der Waals surface area contributed by atoms with Gasteiger partial charge in [-0.25, -0.2) is 9.97 Å². The molecule has 7 nitrogen and oxygen atoms in total. The van der Waals surface area contributed by atoms with Gasteiger partial charge in [0, 0.05) is 37.6 Å². The van der Waals surface area contributed by atoms with Gasteiger partial charge in [-0.2, -0.15) is 22.5 Å². The predicted octanol–water partition coefficient (Wildman–Crippen LogP) is 4.00. The number of rotatable bonds is 10. The second-order valence-electron chi connectivity index (χ2n) is 7.20. The molecule has 0 atom stereocenters. The molecule has 30 heavy (non-hydrogen) atoms. The molecule has 3 aromatic heterocycles. The number of pyridine rings is 1. The molecule has 0 aliphatic carbocycles. The van der Waals surface area contributed by atoms with E-state index in [1.165, 1.54) is 0 Å². The Morgan fingerprint density at radius 1 is 1.17 bits per heavy atom. The van der Waals surface area contributed by atoms with Gasteiger partial charge in [-0.15, -0.1) is 0 Å². The van der Waals surface area contributed by atoms with Crippen LogP contribution in [-0.2, 0) is 26.0 Å². The van der Waals surface area contributed by atoms with Crippen LogP contribution in [0, 0.1) is 13.8 Å². The van der Waals surface area contributed by atoms with E-state index in [0.717, 1.165) is 58.9 Å². The number of aromatic nitrogens is 4. The number of hydrogen-bond donors (Lipinski definition) is 2. The van der Waals surface area contributed by atoms with Crippen molar-refractivity contribution in [1.82, 2.24) is 24.5 Å². The Labute approximate surface area is 199 Å². The van der Waals surface area contributed by atoms with Crippen molar-refractivity contribution < 1.29 is 19.5 Å². The Balaban J connectivity index is 0.00000320. The third-order valence-electron chi connectivity index (χ3n) is 4.73. The fourth-order valence-electron chi connectivity index (χ4n) is 2.96. The second kappa shape index (κ2) is 11.7. The summed E-state index contributed by atoms with van der Waals surface area (Å²) in [5.74, 6) is 1.99. The molecule has 2 N–H and O–H groups in total. The molecule has 0 fully saturated rings. The zero-order valence-electron chi connectivity index (χ0n) is 17.7. The van der Waals surface area contributed by atoms with Crippen molar-refractivity contribution in [3.8, 4) is 0 Å². The van der Waals surface area contributed by atoms with Crippen LogP contribution in [0.15, 0.2) is 35.1 Å². The largest absolute Gasteiger partial charge is 2.00 e. The third-order valence-corrected chi connectivity index (χ3v) is 5.29. The molecule has 0 aromatic carbocycles. The summed E-state index contributed by atoms with van der Waals surface area (Å²) < 4.78 is 2.67. The van der Waals surface area contributed by atoms with Crippen LogP contribution in [0.2, 0.25) is 0 Å². The molecular formula is C21H28BrN7Zn. The van der Waals surface area contributed by atoms with Crippen LogP contribution in [0.5, 0.6) is 0 Å². The van der Waals surface area contributed by atoms with Crippen molar-refractivity contribution in [2.24, 2.45) is 0 Å². The van der Waals surface area contributed by atoms with Gasteiger partial charge in [0.05, 0.1) is 10.7 Å². The zero-order valence-corrected chi connectivity index (χ0v) is 22.3. The summed E-state index contributed by atoms with van der Waals surface area (Å²) in [6, 6.07) is 6.12. The van der Waals surface area contributed by atoms with Gasteiger partial charge in [-0.3, -0.25) is 0 Å². The second-order valence-corrected chi connectivity index (χ2v) is 8.06. The average molecular weight is 524 g/mol. The summed E-state index contributed by atoms with van der Waals surface area (Å²) in [5.41, 5.74) is 2.85. The van der Waals surface area contributed by atoms with Gasteiger partial charge in [0.25, 0.3) is 0 Å². The molecule has 0 radical (unpaired) electrons. The molecule has 0 amide bonds. The first kappa shape index (κ1) is 24.7. The van der Waals surface area contributed by atoms with Gasteiger partial charge in [0.1, 0.15) is 11.6 Å². The van der Waals surface area contributed by atoms with Crippen LogP contribution in [0.25, 0.3) is 5.65 Å². The Kier molecular flexibility index (Phi) is 9.65. The van der Waals surface area contributed by atoms with E-state index in [0.29, 0.717) is 6.54 Å². The minimum absolute atomic E-state index is 0. The van der Waals surface area contributed by atoms with E-state index in [1.807, 2.05) is 18.3 Å². The first-order chi connectivity index (χ1) is 14.0. The van der Waals surface area contributed by atoms with Crippen molar-refractivity contribution in [1.29, 1.82) is 0 Å². The fraction of sp³-hybridized carbons (Fsp3) is 0.381. The van der Waals surface area contributed by atoms with Gasteiger partial charge < -0.3 is 29.4 Å². The van der Waals surface area contributed by atoms with Crippen LogP contribution in [0.1, 0.15) is 30.0 Å². The van der Waals surface area contributed by atoms with Crippen molar-refractivity contribution in [2.75, 3.05) is 37.8 Å². The number of nitrogens with zero attached hydrogens (tertiary/aromatic N) is 5. The van der Waals surface area contributed by atoms with E-state index in [9.17, 15) is 0 Å². The monoisotopic (exact) mass is 521 g/mol. The minimum Gasteiger partial charge on any atom is -0.369 e. The summed E-state index contributed by atoms with van der Waals surface area (Å²) in [6.45, 7) is 10.5. The number of fused-ring (bicyclic) bond motifs is 1. The standard InChI is InChI=1S/C21H28BrN7.Zn/c1-5-16(6-2)18-11-20(29-21(27-18)17(22)14-26-29)25-13-15-7-8-19(24-12-15)23-9-10-28(3)4;/h7-8,11-12,14,16,25H,1-2,5-6,9-10,13H2,3-4H3,(H,23,24);/q-2;+2. The maximum atomic E-state index is 4.75. The maximum absolute atomic E-state index is 4.75. The summed E-state index contributed by atoms with van der Waals surface area (Å²) in [4.78, 5) is 11.4. The number of hydrogen-bond acceptors (Lipinski definition) is 6. The molecule has 3 aromatic rings. The Morgan fingerprint density at radius 2 is 1.93 bits per heavy atom. The summed E-state index contributed by atoms with van der Waals surface area (Å²) >= 11 is 3.54. The minimum atomic E-state index is 0. The Morgan fingerprint density at radius 3 is 2.57 bits per heavy atom. The number of halogens is 1. The quantitative estimate of drug-likeness (QED) is 0.309. The molecule has 156 valence electrons. The maximum Gasteiger partial charge on any atom is 2.00 e. The fourth-order valence-corrected chi connectivity index (χ4v) is 3.31. The van der Waals surface area contributed by atoms with Gasteiger partial charge in [0.15, 0.2) is 5.65 Å². The van der Waals surface area contributed by atoms with E-state index in [2.05, 4.69) is 75.6 Å². The molecule has 0 aliphatic heterocycles. The van der Waals surface area contributed by atoms with Crippen molar-refractivity contribution in [3.05, 3.63) is 60.2 Å². The molecular weight excluding hydrogens is 496 g/mol. The van der Waals surface area contributed by atoms with Gasteiger partial charge >= 0.3 is 19.5 Å². The predicted molar refractivity (Wildman–Crippen MR) is 122 cm³/mol. The molecule has 0 bridgehead atoms. The van der Waals surface area contributed by atoms with Crippen molar-refractivity contribution in [2.45, 2.75) is 25.3 Å². The third kappa shape index (κ3) is 6.22. The topological polar surface area (TPSA) is 70.4 Å². The van der Waals surface area contributed by atoms with Gasteiger partial charge in [0.2, 0.25) is 0 Å². The SMILES string of the molecule is [CH2-]CC(C[CH2-])c1cc(NCc2ccc(NCCN(C)C)nc2)n2ncc(Br)c2n1.[Zn+2]. The van der Waals surface area contributed by atoms with Crippen LogP contribution in [0.3, 0.4) is 0 Å². The summed E-state index contributed by atoms with van der Waals surface area (Å²) in [6.07, 6.45) is 5.16. The zero-order chi connectivity index (χ0) is 20.8. The van der Waals surface area contributed by atoms with Crippen LogP contribution in [0.4, 0.5) is 11.6 Å². The first-order valence-electron chi connectivity index (χ1n) is 9.72. The first-order valence-corrected chi connectivity index (χ1v) is 10.5. The molecule has 3 rings (SSSR count). The normalized spacial score (nSPS) is 11.2.